The van der Waals surface area contributed by atoms with Crippen molar-refractivity contribution in [2.45, 2.75) is 24.8 Å². The fourth-order valence-corrected chi connectivity index (χ4v) is 4.97. The van der Waals surface area contributed by atoms with Crippen LogP contribution < -0.4 is 4.90 Å². The van der Waals surface area contributed by atoms with Gasteiger partial charge in [0.15, 0.2) is 5.82 Å². The number of anilines is 1. The van der Waals surface area contributed by atoms with Crippen LogP contribution in [0.5, 0.6) is 0 Å². The number of hydrogen-bond donors (Lipinski definition) is 0. The molecule has 144 valence electrons. The summed E-state index contributed by atoms with van der Waals surface area (Å²) < 4.78 is 41.5. The maximum absolute atomic E-state index is 14.4. The maximum atomic E-state index is 14.4. The topological polar surface area (TPSA) is 83.8 Å². The van der Waals surface area contributed by atoms with Crippen LogP contribution in [0.1, 0.15) is 12.5 Å². The smallest absolute Gasteiger partial charge is 0.275 e. The lowest BCUT2D eigenvalue weighted by molar-refractivity contribution is -0.385. The summed E-state index contributed by atoms with van der Waals surface area (Å²) in [6.07, 6.45) is 0. The molecule has 1 atom stereocenters. The van der Waals surface area contributed by atoms with E-state index < -0.39 is 20.8 Å². The van der Waals surface area contributed by atoms with Crippen LogP contribution in [-0.2, 0) is 10.0 Å². The highest BCUT2D eigenvalue weighted by Gasteiger charge is 2.34. The Labute approximate surface area is 157 Å². The lowest BCUT2D eigenvalue weighted by Crippen LogP contribution is -2.54. The van der Waals surface area contributed by atoms with Crippen molar-refractivity contribution in [1.82, 2.24) is 4.31 Å². The van der Waals surface area contributed by atoms with Gasteiger partial charge in [0, 0.05) is 31.2 Å². The Hall–Kier alpha value is -2.52. The average Bonchev–Trinajstić information content (AvgIpc) is 2.63. The Morgan fingerprint density at radius 1 is 1.19 bits per heavy atom. The Morgan fingerprint density at radius 3 is 2.44 bits per heavy atom. The molecular formula is C18H20FN3O4S. The fraction of sp³-hybridized carbons (Fsp3) is 0.333. The van der Waals surface area contributed by atoms with Crippen molar-refractivity contribution >= 4 is 21.4 Å². The second-order valence-electron chi connectivity index (χ2n) is 6.57. The van der Waals surface area contributed by atoms with E-state index in [4.69, 9.17) is 0 Å². The Balaban J connectivity index is 1.84. The van der Waals surface area contributed by atoms with Gasteiger partial charge in [0.25, 0.3) is 5.69 Å². The summed E-state index contributed by atoms with van der Waals surface area (Å²) in [5, 5.41) is 11.0. The van der Waals surface area contributed by atoms with Gasteiger partial charge in [-0.15, -0.1) is 0 Å². The highest BCUT2D eigenvalue weighted by molar-refractivity contribution is 7.89. The molecule has 0 N–H and O–H groups in total. The molecule has 2 aromatic rings. The Morgan fingerprint density at radius 2 is 1.85 bits per heavy atom. The quantitative estimate of drug-likeness (QED) is 0.589. The molecule has 3 rings (SSSR count). The zero-order chi connectivity index (χ0) is 19.8. The van der Waals surface area contributed by atoms with Crippen molar-refractivity contribution in [1.29, 1.82) is 0 Å². The molecule has 0 aromatic heterocycles. The van der Waals surface area contributed by atoms with E-state index in [0.717, 1.165) is 6.07 Å². The predicted molar refractivity (Wildman–Crippen MR) is 99.8 cm³/mol. The molecule has 1 fully saturated rings. The van der Waals surface area contributed by atoms with Gasteiger partial charge in [-0.1, -0.05) is 18.2 Å². The van der Waals surface area contributed by atoms with E-state index in [1.54, 1.807) is 49.1 Å². The van der Waals surface area contributed by atoms with Crippen LogP contribution in [0, 0.1) is 22.9 Å². The highest BCUT2D eigenvalue weighted by atomic mass is 32.2. The molecule has 1 aliphatic heterocycles. The number of halogens is 1. The molecule has 0 spiro atoms. The maximum Gasteiger partial charge on any atom is 0.275 e. The molecule has 1 saturated heterocycles. The summed E-state index contributed by atoms with van der Waals surface area (Å²) >= 11 is 0. The molecule has 9 heteroatoms. The zero-order valence-corrected chi connectivity index (χ0v) is 15.8. The third-order valence-corrected chi connectivity index (χ3v) is 6.75. The van der Waals surface area contributed by atoms with E-state index in [0.29, 0.717) is 18.7 Å². The number of aryl methyl sites for hydroxylation is 1. The number of nitro groups is 1. The second kappa shape index (κ2) is 7.24. The normalized spacial score (nSPS) is 18.5. The molecule has 7 nitrogen and oxygen atoms in total. The standard InChI is InChI=1S/C18H20FN3O4S/c1-13-10-18(16(19)11-17(13)22(23)24)20-8-9-21(14(2)12-20)27(25,26)15-6-4-3-5-7-15/h3-7,10-11,14H,8-9,12H2,1-2H3/t14-/m1/s1. The van der Waals surface area contributed by atoms with Gasteiger partial charge in [0.05, 0.1) is 21.6 Å². The number of nitro benzene ring substituents is 1. The average molecular weight is 393 g/mol. The van der Waals surface area contributed by atoms with Gasteiger partial charge >= 0.3 is 0 Å². The van der Waals surface area contributed by atoms with Gasteiger partial charge in [-0.2, -0.15) is 4.31 Å². The first kappa shape index (κ1) is 19.2. The van der Waals surface area contributed by atoms with E-state index >= 15 is 0 Å². The third kappa shape index (κ3) is 3.65. The first-order chi connectivity index (χ1) is 12.7. The molecule has 0 aliphatic carbocycles. The molecule has 0 bridgehead atoms. The number of hydrogen-bond acceptors (Lipinski definition) is 5. The van der Waals surface area contributed by atoms with E-state index in [9.17, 15) is 22.9 Å². The summed E-state index contributed by atoms with van der Waals surface area (Å²) in [5.74, 6) is -0.682. The third-order valence-electron chi connectivity index (χ3n) is 4.72. The zero-order valence-electron chi connectivity index (χ0n) is 15.0. The van der Waals surface area contributed by atoms with E-state index in [1.165, 1.54) is 10.4 Å². The monoisotopic (exact) mass is 393 g/mol. The van der Waals surface area contributed by atoms with Crippen molar-refractivity contribution in [3.05, 3.63) is 64.0 Å². The largest absolute Gasteiger partial charge is 0.366 e. The van der Waals surface area contributed by atoms with Crippen molar-refractivity contribution in [2.75, 3.05) is 24.5 Å². The number of nitrogens with zero attached hydrogens (tertiary/aromatic N) is 3. The number of sulfonamides is 1. The molecule has 0 unspecified atom stereocenters. The predicted octanol–water partition coefficient (Wildman–Crippen LogP) is 2.94. The molecule has 2 aromatic carbocycles. The molecule has 1 aliphatic rings. The van der Waals surface area contributed by atoms with Crippen molar-refractivity contribution in [3.8, 4) is 0 Å². The summed E-state index contributed by atoms with van der Waals surface area (Å²) in [6, 6.07) is 10.2. The lowest BCUT2D eigenvalue weighted by atomic mass is 10.1. The van der Waals surface area contributed by atoms with Crippen molar-refractivity contribution in [3.63, 3.8) is 0 Å². The minimum absolute atomic E-state index is 0.202. The van der Waals surface area contributed by atoms with Gasteiger partial charge in [0.1, 0.15) is 0 Å². The molecule has 0 saturated carbocycles. The molecule has 1 heterocycles. The lowest BCUT2D eigenvalue weighted by Gasteiger charge is -2.40. The Kier molecular flexibility index (Phi) is 5.16. The first-order valence-electron chi connectivity index (χ1n) is 8.48. The van der Waals surface area contributed by atoms with Crippen molar-refractivity contribution in [2.24, 2.45) is 0 Å². The van der Waals surface area contributed by atoms with Crippen LogP contribution in [0.3, 0.4) is 0 Å². The van der Waals surface area contributed by atoms with Gasteiger partial charge in [0.2, 0.25) is 10.0 Å². The summed E-state index contributed by atoms with van der Waals surface area (Å²) in [7, 11) is -3.63. The minimum atomic E-state index is -3.63. The van der Waals surface area contributed by atoms with Gasteiger partial charge in [-0.3, -0.25) is 10.1 Å². The summed E-state index contributed by atoms with van der Waals surface area (Å²) in [4.78, 5) is 12.3. The van der Waals surface area contributed by atoms with Gasteiger partial charge < -0.3 is 4.90 Å². The van der Waals surface area contributed by atoms with E-state index in [-0.39, 0.29) is 28.9 Å². The van der Waals surface area contributed by atoms with Crippen LogP contribution in [0.15, 0.2) is 47.4 Å². The van der Waals surface area contributed by atoms with Crippen LogP contribution >= 0.6 is 0 Å². The second-order valence-corrected chi connectivity index (χ2v) is 8.46. The first-order valence-corrected chi connectivity index (χ1v) is 9.92. The Bertz CT molecular complexity index is 966. The van der Waals surface area contributed by atoms with Gasteiger partial charge in [-0.25, -0.2) is 12.8 Å². The SMILES string of the molecule is Cc1cc(N2CCN(S(=O)(=O)c3ccccc3)[C@H](C)C2)c(F)cc1[N+](=O)[O-]. The van der Waals surface area contributed by atoms with Crippen LogP contribution in [0.4, 0.5) is 15.8 Å². The number of piperazine rings is 1. The summed E-state index contributed by atoms with van der Waals surface area (Å²) in [5.41, 5.74) is 0.347. The molecular weight excluding hydrogens is 373 g/mol. The molecule has 0 amide bonds. The van der Waals surface area contributed by atoms with Crippen LogP contribution in [0.2, 0.25) is 0 Å². The molecule has 0 radical (unpaired) electrons. The van der Waals surface area contributed by atoms with E-state index in [1.807, 2.05) is 0 Å². The van der Waals surface area contributed by atoms with Gasteiger partial charge in [-0.05, 0) is 32.0 Å². The van der Waals surface area contributed by atoms with E-state index in [2.05, 4.69) is 0 Å². The van der Waals surface area contributed by atoms with Crippen LogP contribution in [-0.4, -0.2) is 43.3 Å². The highest BCUT2D eigenvalue weighted by Crippen LogP contribution is 2.30. The summed E-state index contributed by atoms with van der Waals surface area (Å²) in [6.45, 7) is 4.11. The number of rotatable bonds is 4. The minimum Gasteiger partial charge on any atom is -0.366 e. The van der Waals surface area contributed by atoms with Crippen LogP contribution in [0.25, 0.3) is 0 Å². The van der Waals surface area contributed by atoms with Crippen molar-refractivity contribution < 1.29 is 17.7 Å². The molecule has 27 heavy (non-hydrogen) atoms. The fourth-order valence-electron chi connectivity index (χ4n) is 3.34. The number of benzene rings is 2.